The summed E-state index contributed by atoms with van der Waals surface area (Å²) in [5.74, 6) is 0.927. The van der Waals surface area contributed by atoms with Gasteiger partial charge in [0.2, 0.25) is 0 Å². The molecule has 0 N–H and O–H groups in total. The topological polar surface area (TPSA) is 6.48 Å². The van der Waals surface area contributed by atoms with Crippen LogP contribution in [-0.2, 0) is 0 Å². The largest absolute Gasteiger partial charge is 0.305 e. The van der Waals surface area contributed by atoms with Crippen molar-refractivity contribution in [1.82, 2.24) is 9.80 Å². The maximum absolute atomic E-state index is 2.74. The third-order valence-electron chi connectivity index (χ3n) is 3.80. The molecule has 0 radical (unpaired) electrons. The first-order valence-corrected chi connectivity index (χ1v) is 6.18. The van der Waals surface area contributed by atoms with Crippen molar-refractivity contribution in [2.45, 2.75) is 38.6 Å². The summed E-state index contributed by atoms with van der Waals surface area (Å²) in [6.45, 7) is 7.70. The van der Waals surface area contributed by atoms with E-state index in [1.54, 1.807) is 0 Å². The van der Waals surface area contributed by atoms with Gasteiger partial charge in [-0.1, -0.05) is 6.92 Å². The molecule has 2 atom stereocenters. The molecule has 0 aliphatic carbocycles. The average molecular weight is 196 g/mol. The highest BCUT2D eigenvalue weighted by molar-refractivity contribution is 4.82. The van der Waals surface area contributed by atoms with Crippen LogP contribution in [0.2, 0.25) is 0 Å². The second kappa shape index (κ2) is 4.63. The van der Waals surface area contributed by atoms with E-state index in [9.17, 15) is 0 Å². The normalized spacial score (nSPS) is 37.3. The Bertz CT molecular complexity index is 161. The Kier molecular flexibility index (Phi) is 3.45. The molecule has 0 bridgehead atoms. The predicted molar refractivity (Wildman–Crippen MR) is 60.5 cm³/mol. The zero-order valence-electron chi connectivity index (χ0n) is 9.71. The molecule has 2 heteroatoms. The van der Waals surface area contributed by atoms with E-state index in [1.165, 1.54) is 51.9 Å². The Morgan fingerprint density at radius 2 is 1.79 bits per heavy atom. The molecule has 0 saturated carbocycles. The first-order valence-electron chi connectivity index (χ1n) is 6.18. The van der Waals surface area contributed by atoms with Gasteiger partial charge in [-0.3, -0.25) is 4.90 Å². The Balaban J connectivity index is 1.86. The first-order chi connectivity index (χ1) is 6.75. The van der Waals surface area contributed by atoms with Gasteiger partial charge >= 0.3 is 0 Å². The van der Waals surface area contributed by atoms with Gasteiger partial charge in [-0.05, 0) is 51.7 Å². The molecule has 2 aliphatic heterocycles. The summed E-state index contributed by atoms with van der Waals surface area (Å²) >= 11 is 0. The molecule has 0 spiro atoms. The average Bonchev–Trinajstić information content (AvgIpc) is 2.18. The van der Waals surface area contributed by atoms with E-state index in [0.29, 0.717) is 0 Å². The Hall–Kier alpha value is -0.0800. The van der Waals surface area contributed by atoms with Gasteiger partial charge in [0.25, 0.3) is 0 Å². The molecule has 1 unspecified atom stereocenters. The Labute approximate surface area is 88.3 Å². The number of rotatable bonds is 1. The summed E-state index contributed by atoms with van der Waals surface area (Å²) in [6, 6.07) is 0.858. The molecule has 2 fully saturated rings. The summed E-state index contributed by atoms with van der Waals surface area (Å²) in [5, 5.41) is 0. The van der Waals surface area contributed by atoms with E-state index < -0.39 is 0 Å². The van der Waals surface area contributed by atoms with Crippen molar-refractivity contribution >= 4 is 0 Å². The van der Waals surface area contributed by atoms with Gasteiger partial charge in [-0.2, -0.15) is 0 Å². The highest BCUT2D eigenvalue weighted by Gasteiger charge is 2.26. The molecule has 2 heterocycles. The fourth-order valence-electron chi connectivity index (χ4n) is 2.99. The monoisotopic (exact) mass is 196 g/mol. The van der Waals surface area contributed by atoms with Crippen LogP contribution < -0.4 is 0 Å². The minimum Gasteiger partial charge on any atom is -0.305 e. The third kappa shape index (κ3) is 2.48. The Morgan fingerprint density at radius 1 is 1.00 bits per heavy atom. The molecule has 0 aromatic heterocycles. The highest BCUT2D eigenvalue weighted by atomic mass is 15.2. The van der Waals surface area contributed by atoms with Gasteiger partial charge in [0.1, 0.15) is 0 Å². The van der Waals surface area contributed by atoms with Crippen molar-refractivity contribution in [3.8, 4) is 0 Å². The van der Waals surface area contributed by atoms with E-state index >= 15 is 0 Å². The van der Waals surface area contributed by atoms with Crippen molar-refractivity contribution in [1.29, 1.82) is 0 Å². The van der Waals surface area contributed by atoms with Crippen molar-refractivity contribution in [2.24, 2.45) is 5.92 Å². The van der Waals surface area contributed by atoms with E-state index in [2.05, 4.69) is 23.8 Å². The number of piperidine rings is 2. The maximum Gasteiger partial charge on any atom is 0.0223 e. The standard InChI is InChI=1S/C12H24N2/c1-11-5-3-8-14(9-11)12-6-4-7-13(2)10-12/h11-12H,3-10H2,1-2H3/t11-,12?/m1/s1. The van der Waals surface area contributed by atoms with E-state index in [1.807, 2.05) is 0 Å². The van der Waals surface area contributed by atoms with Crippen LogP contribution >= 0.6 is 0 Å². The predicted octanol–water partition coefficient (Wildman–Crippen LogP) is 1.81. The van der Waals surface area contributed by atoms with Crippen LogP contribution in [0.3, 0.4) is 0 Å². The molecule has 82 valence electrons. The summed E-state index contributed by atoms with van der Waals surface area (Å²) in [5.41, 5.74) is 0. The van der Waals surface area contributed by atoms with Crippen LogP contribution in [0.1, 0.15) is 32.6 Å². The molecule has 2 nitrogen and oxygen atoms in total. The molecule has 0 amide bonds. The molecule has 2 aliphatic rings. The second-order valence-corrected chi connectivity index (χ2v) is 5.30. The number of likely N-dealkylation sites (N-methyl/N-ethyl adjacent to an activating group) is 1. The van der Waals surface area contributed by atoms with Gasteiger partial charge in [0.15, 0.2) is 0 Å². The quantitative estimate of drug-likeness (QED) is 0.631. The van der Waals surface area contributed by atoms with E-state index in [0.717, 1.165) is 12.0 Å². The number of nitrogens with zero attached hydrogens (tertiary/aromatic N) is 2. The number of hydrogen-bond donors (Lipinski definition) is 0. The van der Waals surface area contributed by atoms with Crippen LogP contribution in [0.5, 0.6) is 0 Å². The van der Waals surface area contributed by atoms with E-state index in [-0.39, 0.29) is 0 Å². The first kappa shape index (κ1) is 10.4. The van der Waals surface area contributed by atoms with Crippen LogP contribution in [-0.4, -0.2) is 49.1 Å². The Morgan fingerprint density at radius 3 is 2.50 bits per heavy atom. The molecule has 14 heavy (non-hydrogen) atoms. The van der Waals surface area contributed by atoms with Gasteiger partial charge in [0.05, 0.1) is 0 Å². The molecule has 0 aromatic rings. The van der Waals surface area contributed by atoms with Crippen molar-refractivity contribution in [2.75, 3.05) is 33.2 Å². The number of hydrogen-bond acceptors (Lipinski definition) is 2. The smallest absolute Gasteiger partial charge is 0.0223 e. The van der Waals surface area contributed by atoms with Crippen LogP contribution in [0.25, 0.3) is 0 Å². The third-order valence-corrected chi connectivity index (χ3v) is 3.80. The fraction of sp³-hybridized carbons (Fsp3) is 1.00. The van der Waals surface area contributed by atoms with Crippen molar-refractivity contribution in [3.05, 3.63) is 0 Å². The second-order valence-electron chi connectivity index (χ2n) is 5.30. The van der Waals surface area contributed by atoms with Gasteiger partial charge in [0, 0.05) is 19.1 Å². The summed E-state index contributed by atoms with van der Waals surface area (Å²) in [6.07, 6.45) is 5.68. The molecule has 0 aromatic carbocycles. The zero-order chi connectivity index (χ0) is 9.97. The van der Waals surface area contributed by atoms with E-state index in [4.69, 9.17) is 0 Å². The van der Waals surface area contributed by atoms with Crippen molar-refractivity contribution < 1.29 is 0 Å². The lowest BCUT2D eigenvalue weighted by Crippen LogP contribution is -2.49. The zero-order valence-corrected chi connectivity index (χ0v) is 9.71. The number of likely N-dealkylation sites (tertiary alicyclic amines) is 2. The minimum atomic E-state index is 0.858. The highest BCUT2D eigenvalue weighted by Crippen LogP contribution is 2.22. The minimum absolute atomic E-state index is 0.858. The maximum atomic E-state index is 2.74. The molecular weight excluding hydrogens is 172 g/mol. The van der Waals surface area contributed by atoms with Crippen LogP contribution in [0, 0.1) is 5.92 Å². The molecule has 2 saturated heterocycles. The SMILES string of the molecule is C[C@@H]1CCCN(C2CCCN(C)C2)C1. The lowest BCUT2D eigenvalue weighted by Gasteiger charge is -2.41. The molecular formula is C12H24N2. The summed E-state index contributed by atoms with van der Waals surface area (Å²) < 4.78 is 0. The van der Waals surface area contributed by atoms with Crippen LogP contribution in [0.4, 0.5) is 0 Å². The van der Waals surface area contributed by atoms with Crippen LogP contribution in [0.15, 0.2) is 0 Å². The lowest BCUT2D eigenvalue weighted by molar-refractivity contribution is 0.0763. The van der Waals surface area contributed by atoms with Gasteiger partial charge in [-0.25, -0.2) is 0 Å². The summed E-state index contributed by atoms with van der Waals surface area (Å²) in [4.78, 5) is 5.23. The molecule has 2 rings (SSSR count). The fourth-order valence-corrected chi connectivity index (χ4v) is 2.99. The lowest BCUT2D eigenvalue weighted by atomic mass is 9.96. The summed E-state index contributed by atoms with van der Waals surface area (Å²) in [7, 11) is 2.26. The van der Waals surface area contributed by atoms with Crippen molar-refractivity contribution in [3.63, 3.8) is 0 Å². The van der Waals surface area contributed by atoms with Gasteiger partial charge < -0.3 is 4.90 Å². The van der Waals surface area contributed by atoms with Gasteiger partial charge in [-0.15, -0.1) is 0 Å².